The number of hydrogen-bond acceptors (Lipinski definition) is 4. The SMILES string of the molecule is CC.CC(=O)Cn1ncc2c(=O)oc3ccccc3c21. The van der Waals surface area contributed by atoms with Gasteiger partial charge in [-0.1, -0.05) is 26.0 Å². The highest BCUT2D eigenvalue weighted by atomic mass is 16.4. The zero-order valence-corrected chi connectivity index (χ0v) is 11.7. The molecule has 0 fully saturated rings. The number of carbonyl (C=O) groups excluding carboxylic acids is 1. The fourth-order valence-electron chi connectivity index (χ4n) is 2.06. The molecule has 0 bridgehead atoms. The van der Waals surface area contributed by atoms with Gasteiger partial charge < -0.3 is 4.42 Å². The van der Waals surface area contributed by atoms with Crippen LogP contribution in [0.4, 0.5) is 0 Å². The van der Waals surface area contributed by atoms with E-state index in [1.54, 1.807) is 12.1 Å². The number of rotatable bonds is 2. The lowest BCUT2D eigenvalue weighted by atomic mass is 10.2. The lowest BCUT2D eigenvalue weighted by Crippen LogP contribution is -2.08. The van der Waals surface area contributed by atoms with Gasteiger partial charge in [0.1, 0.15) is 11.0 Å². The molecule has 3 rings (SSSR count). The molecule has 3 aromatic rings. The molecule has 0 radical (unpaired) electrons. The first-order chi connectivity index (χ1) is 9.66. The van der Waals surface area contributed by atoms with E-state index in [9.17, 15) is 9.59 Å². The summed E-state index contributed by atoms with van der Waals surface area (Å²) in [4.78, 5) is 23.0. The van der Waals surface area contributed by atoms with Crippen molar-refractivity contribution in [2.45, 2.75) is 27.3 Å². The molecule has 0 N–H and O–H groups in total. The first-order valence-corrected chi connectivity index (χ1v) is 6.53. The molecule has 0 amide bonds. The second kappa shape index (κ2) is 5.69. The molecule has 0 unspecified atom stereocenters. The van der Waals surface area contributed by atoms with Gasteiger partial charge in [0, 0.05) is 5.39 Å². The van der Waals surface area contributed by atoms with Gasteiger partial charge in [-0.05, 0) is 19.1 Å². The first kappa shape index (κ1) is 14.0. The second-order valence-electron chi connectivity index (χ2n) is 4.15. The lowest BCUT2D eigenvalue weighted by molar-refractivity contribution is -0.117. The molecule has 5 nitrogen and oxygen atoms in total. The average Bonchev–Trinajstić information content (AvgIpc) is 2.85. The van der Waals surface area contributed by atoms with E-state index in [0.717, 1.165) is 5.39 Å². The van der Waals surface area contributed by atoms with Gasteiger partial charge in [0.15, 0.2) is 5.78 Å². The summed E-state index contributed by atoms with van der Waals surface area (Å²) in [5, 5.41) is 5.26. The predicted molar refractivity (Wildman–Crippen MR) is 77.8 cm³/mol. The zero-order valence-electron chi connectivity index (χ0n) is 11.7. The molecule has 2 aromatic heterocycles. The van der Waals surface area contributed by atoms with Gasteiger partial charge in [-0.3, -0.25) is 9.48 Å². The summed E-state index contributed by atoms with van der Waals surface area (Å²) in [5.41, 5.74) is 0.718. The van der Waals surface area contributed by atoms with Crippen molar-refractivity contribution >= 4 is 27.7 Å². The van der Waals surface area contributed by atoms with E-state index in [2.05, 4.69) is 5.10 Å². The molecule has 0 spiro atoms. The van der Waals surface area contributed by atoms with E-state index in [1.807, 2.05) is 26.0 Å². The minimum Gasteiger partial charge on any atom is -0.422 e. The third kappa shape index (κ3) is 2.34. The number of carbonyl (C=O) groups is 1. The van der Waals surface area contributed by atoms with Gasteiger partial charge in [0.05, 0.1) is 18.3 Å². The standard InChI is InChI=1S/C13H10N2O3.C2H6/c1-8(16)7-15-12-9-4-2-3-5-11(9)18-13(17)10(12)6-14-15;1-2/h2-6H,7H2,1H3;1-2H3. The lowest BCUT2D eigenvalue weighted by Gasteiger charge is -2.02. The van der Waals surface area contributed by atoms with Crippen LogP contribution in [0.25, 0.3) is 21.9 Å². The Balaban J connectivity index is 0.000000704. The molecule has 0 aliphatic heterocycles. The van der Waals surface area contributed by atoms with Crippen LogP contribution in [-0.4, -0.2) is 15.6 Å². The predicted octanol–water partition coefficient (Wildman–Crippen LogP) is 2.76. The molecule has 1 aromatic carbocycles. The van der Waals surface area contributed by atoms with E-state index in [1.165, 1.54) is 17.8 Å². The van der Waals surface area contributed by atoms with Gasteiger partial charge in [-0.15, -0.1) is 0 Å². The fraction of sp³-hybridized carbons (Fsp3) is 0.267. The monoisotopic (exact) mass is 272 g/mol. The number of benzene rings is 1. The quantitative estimate of drug-likeness (QED) is 0.673. The summed E-state index contributed by atoms with van der Waals surface area (Å²) in [6.07, 6.45) is 1.44. The second-order valence-corrected chi connectivity index (χ2v) is 4.15. The fourth-order valence-corrected chi connectivity index (χ4v) is 2.06. The number of aromatic nitrogens is 2. The van der Waals surface area contributed by atoms with E-state index in [-0.39, 0.29) is 12.3 Å². The summed E-state index contributed by atoms with van der Waals surface area (Å²) in [6.45, 7) is 5.64. The third-order valence-corrected chi connectivity index (χ3v) is 2.78. The maximum Gasteiger partial charge on any atom is 0.347 e. The van der Waals surface area contributed by atoms with Crippen LogP contribution >= 0.6 is 0 Å². The summed E-state index contributed by atoms with van der Waals surface area (Å²) in [6, 6.07) is 7.22. The van der Waals surface area contributed by atoms with E-state index < -0.39 is 5.63 Å². The van der Waals surface area contributed by atoms with Crippen molar-refractivity contribution in [3.05, 3.63) is 40.9 Å². The van der Waals surface area contributed by atoms with E-state index >= 15 is 0 Å². The highest BCUT2D eigenvalue weighted by Crippen LogP contribution is 2.22. The Bertz CT molecular complexity index is 815. The molecule has 20 heavy (non-hydrogen) atoms. The van der Waals surface area contributed by atoms with E-state index in [0.29, 0.717) is 16.5 Å². The molecule has 5 heteroatoms. The molecular weight excluding hydrogens is 256 g/mol. The molecule has 0 aliphatic carbocycles. The Hall–Kier alpha value is -2.43. The first-order valence-electron chi connectivity index (χ1n) is 6.53. The summed E-state index contributed by atoms with van der Waals surface area (Å²) >= 11 is 0. The van der Waals surface area contributed by atoms with Gasteiger partial charge in [0.2, 0.25) is 0 Å². The zero-order chi connectivity index (χ0) is 14.7. The van der Waals surface area contributed by atoms with Crippen molar-refractivity contribution in [1.29, 1.82) is 0 Å². The largest absolute Gasteiger partial charge is 0.422 e. The minimum atomic E-state index is -0.432. The maximum absolute atomic E-state index is 11.8. The third-order valence-electron chi connectivity index (χ3n) is 2.78. The molecule has 104 valence electrons. The molecular formula is C15H16N2O3. The molecule has 0 aliphatic rings. The van der Waals surface area contributed by atoms with Gasteiger partial charge in [-0.2, -0.15) is 5.10 Å². The Labute approximate surface area is 115 Å². The number of fused-ring (bicyclic) bond motifs is 3. The number of hydrogen-bond donors (Lipinski definition) is 0. The van der Waals surface area contributed by atoms with Crippen LogP contribution in [0.1, 0.15) is 20.8 Å². The van der Waals surface area contributed by atoms with Crippen molar-refractivity contribution in [2.75, 3.05) is 0 Å². The van der Waals surface area contributed by atoms with Crippen LogP contribution in [0.5, 0.6) is 0 Å². The smallest absolute Gasteiger partial charge is 0.347 e. The van der Waals surface area contributed by atoms with Crippen LogP contribution in [0.3, 0.4) is 0 Å². The summed E-state index contributed by atoms with van der Waals surface area (Å²) in [7, 11) is 0. The van der Waals surface area contributed by atoms with Gasteiger partial charge in [-0.25, -0.2) is 4.79 Å². The molecule has 2 heterocycles. The topological polar surface area (TPSA) is 65.1 Å². The number of nitrogens with zero attached hydrogens (tertiary/aromatic N) is 2. The number of para-hydroxylation sites is 1. The summed E-state index contributed by atoms with van der Waals surface area (Å²) in [5.74, 6) is -0.0164. The Morgan fingerprint density at radius 3 is 2.65 bits per heavy atom. The van der Waals surface area contributed by atoms with Crippen LogP contribution in [0, 0.1) is 0 Å². The van der Waals surface area contributed by atoms with Crippen molar-refractivity contribution in [3.8, 4) is 0 Å². The van der Waals surface area contributed by atoms with Crippen LogP contribution < -0.4 is 5.63 Å². The van der Waals surface area contributed by atoms with Crippen molar-refractivity contribution in [1.82, 2.24) is 9.78 Å². The van der Waals surface area contributed by atoms with Crippen LogP contribution in [0.15, 0.2) is 39.7 Å². The van der Waals surface area contributed by atoms with Crippen molar-refractivity contribution in [2.24, 2.45) is 0 Å². The number of Topliss-reactive ketones (excluding diaryl/α,β-unsaturated/α-hetero) is 1. The van der Waals surface area contributed by atoms with Gasteiger partial charge >= 0.3 is 5.63 Å². The normalized spacial score (nSPS) is 10.3. The Morgan fingerprint density at radius 1 is 1.25 bits per heavy atom. The Kier molecular flexibility index (Phi) is 3.98. The number of ketones is 1. The minimum absolute atomic E-state index is 0.0164. The Morgan fingerprint density at radius 2 is 1.95 bits per heavy atom. The maximum atomic E-state index is 11.8. The summed E-state index contributed by atoms with van der Waals surface area (Å²) < 4.78 is 6.74. The molecule has 0 atom stereocenters. The van der Waals surface area contributed by atoms with E-state index in [4.69, 9.17) is 4.42 Å². The molecule has 0 saturated carbocycles. The van der Waals surface area contributed by atoms with Crippen LogP contribution in [-0.2, 0) is 11.3 Å². The highest BCUT2D eigenvalue weighted by Gasteiger charge is 2.13. The van der Waals surface area contributed by atoms with Crippen LogP contribution in [0.2, 0.25) is 0 Å². The van der Waals surface area contributed by atoms with Crippen molar-refractivity contribution in [3.63, 3.8) is 0 Å². The average molecular weight is 272 g/mol. The highest BCUT2D eigenvalue weighted by molar-refractivity contribution is 6.02. The van der Waals surface area contributed by atoms with Gasteiger partial charge in [0.25, 0.3) is 0 Å². The molecule has 0 saturated heterocycles. The van der Waals surface area contributed by atoms with Crippen molar-refractivity contribution < 1.29 is 9.21 Å².